The van der Waals surface area contributed by atoms with Crippen molar-refractivity contribution in [1.82, 2.24) is 29.4 Å². The molecule has 2 aliphatic rings. The number of carbonyl (C=O) groups excluding carboxylic acids is 2. The molecule has 4 aromatic rings. The van der Waals surface area contributed by atoms with Gasteiger partial charge in [-0.2, -0.15) is 0 Å². The summed E-state index contributed by atoms with van der Waals surface area (Å²) in [4.78, 5) is 45.7. The topological polar surface area (TPSA) is 132 Å². The van der Waals surface area contributed by atoms with E-state index in [-0.39, 0.29) is 24.4 Å². The average Bonchev–Trinajstić information content (AvgIpc) is 3.35. The Balaban J connectivity index is 1.32. The quantitative estimate of drug-likeness (QED) is 0.352. The van der Waals surface area contributed by atoms with Gasteiger partial charge in [-0.1, -0.05) is 6.07 Å². The number of anilines is 2. The molecule has 0 bridgehead atoms. The van der Waals surface area contributed by atoms with Gasteiger partial charge in [0.2, 0.25) is 11.8 Å². The molecule has 2 fully saturated rings. The summed E-state index contributed by atoms with van der Waals surface area (Å²) in [6, 6.07) is 8.51. The molecule has 34 heavy (non-hydrogen) atoms. The number of aromatic nitrogens is 5. The third-order valence-corrected chi connectivity index (χ3v) is 7.32. The number of nitrogens with one attached hydrogen (secondary N) is 1. The Labute approximate surface area is 210 Å². The zero-order valence-electron chi connectivity index (χ0n) is 17.7. The first-order valence-corrected chi connectivity index (χ1v) is 12.3. The fourth-order valence-electron chi connectivity index (χ4n) is 4.88. The number of fused-ring (bicyclic) bond motifs is 4. The second-order valence-electron chi connectivity index (χ2n) is 8.50. The van der Waals surface area contributed by atoms with Crippen molar-refractivity contribution in [3.63, 3.8) is 0 Å². The second kappa shape index (κ2) is 7.98. The van der Waals surface area contributed by atoms with Crippen LogP contribution in [0.2, 0.25) is 0 Å². The number of hydrogen-bond donors (Lipinski definition) is 2. The van der Waals surface area contributed by atoms with Crippen LogP contribution in [0.1, 0.15) is 12.8 Å². The van der Waals surface area contributed by atoms with Crippen molar-refractivity contribution in [2.75, 3.05) is 11.1 Å². The van der Waals surface area contributed by atoms with Crippen molar-refractivity contribution in [3.05, 3.63) is 45.9 Å². The van der Waals surface area contributed by atoms with Crippen LogP contribution in [0.4, 0.5) is 11.6 Å². The number of amides is 2. The molecule has 0 radical (unpaired) electrons. The van der Waals surface area contributed by atoms with Gasteiger partial charge in [0.05, 0.1) is 10.9 Å². The Bertz CT molecular complexity index is 1490. The van der Waals surface area contributed by atoms with Gasteiger partial charge in [-0.25, -0.2) is 19.9 Å². The summed E-state index contributed by atoms with van der Waals surface area (Å²) in [5, 5.41) is 3.45. The van der Waals surface area contributed by atoms with Gasteiger partial charge < -0.3 is 20.5 Å². The molecule has 1 aliphatic heterocycles. The van der Waals surface area contributed by atoms with Crippen molar-refractivity contribution in [3.8, 4) is 0 Å². The molecule has 3 atom stereocenters. The smallest absolute Gasteiger partial charge is 0.248 e. The van der Waals surface area contributed by atoms with Crippen LogP contribution in [0.15, 0.2) is 45.9 Å². The first-order chi connectivity index (χ1) is 16.4. The monoisotopic (exact) mass is 584 g/mol. The predicted octanol–water partition coefficient (Wildman–Crippen LogP) is 3.11. The minimum absolute atomic E-state index is 0.0158. The SMILES string of the molecule is Nc1ncnc2c1c1nc(Br)ccc1n2CC(=O)N1C2C[C@@H]2C[C@H]1C(=O)Nc1cccc(Br)n1. The first-order valence-electron chi connectivity index (χ1n) is 10.7. The lowest BCUT2D eigenvalue weighted by molar-refractivity contribution is -0.138. The summed E-state index contributed by atoms with van der Waals surface area (Å²) in [5.41, 5.74) is 8.02. The minimum atomic E-state index is -0.544. The number of halogens is 2. The van der Waals surface area contributed by atoms with Gasteiger partial charge in [0, 0.05) is 6.04 Å². The summed E-state index contributed by atoms with van der Waals surface area (Å²) >= 11 is 6.71. The summed E-state index contributed by atoms with van der Waals surface area (Å²) < 4.78 is 3.07. The van der Waals surface area contributed by atoms with Crippen molar-refractivity contribution >= 4 is 77.4 Å². The highest BCUT2D eigenvalue weighted by Crippen LogP contribution is 2.48. The van der Waals surface area contributed by atoms with Gasteiger partial charge in [0.15, 0.2) is 0 Å². The normalized spacial score (nSPS) is 21.1. The molecule has 0 aromatic carbocycles. The summed E-state index contributed by atoms with van der Waals surface area (Å²) in [5.74, 6) is 0.716. The van der Waals surface area contributed by atoms with E-state index >= 15 is 0 Å². The molecule has 1 saturated heterocycles. The number of nitrogen functional groups attached to an aromatic ring is 1. The number of nitrogens with two attached hydrogens (primary N) is 1. The maximum Gasteiger partial charge on any atom is 0.248 e. The molecule has 1 saturated carbocycles. The van der Waals surface area contributed by atoms with Crippen molar-refractivity contribution < 1.29 is 9.59 Å². The number of carbonyl (C=O) groups is 2. The van der Waals surface area contributed by atoms with Crippen molar-refractivity contribution in [2.45, 2.75) is 31.5 Å². The van der Waals surface area contributed by atoms with Gasteiger partial charge in [0.25, 0.3) is 0 Å². The third-order valence-electron chi connectivity index (χ3n) is 6.43. The highest BCUT2D eigenvalue weighted by Gasteiger charge is 2.56. The van der Waals surface area contributed by atoms with E-state index in [2.05, 4.69) is 57.1 Å². The molecular formula is C22H18Br2N8O2. The lowest BCUT2D eigenvalue weighted by atomic mass is 10.1. The molecule has 5 heterocycles. The van der Waals surface area contributed by atoms with Gasteiger partial charge in [-0.15, -0.1) is 0 Å². The molecule has 2 amide bonds. The summed E-state index contributed by atoms with van der Waals surface area (Å²) in [7, 11) is 0. The van der Waals surface area contributed by atoms with Crippen LogP contribution in [-0.4, -0.2) is 53.3 Å². The molecule has 172 valence electrons. The van der Waals surface area contributed by atoms with Crippen LogP contribution in [0.3, 0.4) is 0 Å². The summed E-state index contributed by atoms with van der Waals surface area (Å²) in [6.07, 6.45) is 2.94. The van der Waals surface area contributed by atoms with E-state index in [4.69, 9.17) is 5.73 Å². The Morgan fingerprint density at radius 2 is 1.91 bits per heavy atom. The molecule has 0 spiro atoms. The van der Waals surface area contributed by atoms with E-state index in [9.17, 15) is 9.59 Å². The van der Waals surface area contributed by atoms with Crippen molar-refractivity contribution in [1.29, 1.82) is 0 Å². The van der Waals surface area contributed by atoms with Gasteiger partial charge >= 0.3 is 0 Å². The van der Waals surface area contributed by atoms with Crippen LogP contribution in [0.5, 0.6) is 0 Å². The number of piperidine rings is 1. The fourth-order valence-corrected chi connectivity index (χ4v) is 5.53. The van der Waals surface area contributed by atoms with Crippen LogP contribution < -0.4 is 11.1 Å². The standard InChI is InChI=1S/C22H18Br2N8O2/c23-14-2-1-3-16(28-14)30-22(34)13-7-10-6-12(10)32(13)17(33)8-31-11-4-5-15(24)29-19(11)18-20(25)26-9-27-21(18)31/h1-5,9-10,12-13H,6-8H2,(H2,25,26,27)(H,28,30,34)/t10-,12?,13+/m1/s1. The Morgan fingerprint density at radius 3 is 2.74 bits per heavy atom. The first kappa shape index (κ1) is 21.4. The largest absolute Gasteiger partial charge is 0.383 e. The molecule has 1 aliphatic carbocycles. The number of nitrogens with zero attached hydrogens (tertiary/aromatic N) is 6. The van der Waals surface area contributed by atoms with E-state index in [1.807, 2.05) is 6.07 Å². The average molecular weight is 586 g/mol. The van der Waals surface area contributed by atoms with Gasteiger partial charge in [-0.3, -0.25) is 9.59 Å². The lowest BCUT2D eigenvalue weighted by Crippen LogP contribution is -2.46. The highest BCUT2D eigenvalue weighted by molar-refractivity contribution is 9.10. The van der Waals surface area contributed by atoms with Crippen LogP contribution >= 0.6 is 31.9 Å². The fraction of sp³-hybridized carbons (Fsp3) is 0.273. The zero-order valence-corrected chi connectivity index (χ0v) is 20.8. The lowest BCUT2D eigenvalue weighted by Gasteiger charge is -2.27. The summed E-state index contributed by atoms with van der Waals surface area (Å²) in [6.45, 7) is 0.0158. The van der Waals surface area contributed by atoms with E-state index in [0.29, 0.717) is 49.7 Å². The molecule has 3 N–H and O–H groups in total. The molecule has 4 aromatic heterocycles. The van der Waals surface area contributed by atoms with Crippen molar-refractivity contribution in [2.24, 2.45) is 5.92 Å². The highest BCUT2D eigenvalue weighted by atomic mass is 79.9. The number of pyridine rings is 2. The molecule has 10 nitrogen and oxygen atoms in total. The van der Waals surface area contributed by atoms with Gasteiger partial charge in [0.1, 0.15) is 50.9 Å². The predicted molar refractivity (Wildman–Crippen MR) is 133 cm³/mol. The molecule has 6 rings (SSSR count). The van der Waals surface area contributed by atoms with Crippen LogP contribution in [0.25, 0.3) is 22.1 Å². The van der Waals surface area contributed by atoms with E-state index in [1.54, 1.807) is 33.7 Å². The second-order valence-corrected chi connectivity index (χ2v) is 10.1. The van der Waals surface area contributed by atoms with Gasteiger partial charge in [-0.05, 0) is 74.9 Å². The van der Waals surface area contributed by atoms with E-state index in [0.717, 1.165) is 11.9 Å². The maximum atomic E-state index is 13.6. The minimum Gasteiger partial charge on any atom is -0.383 e. The van der Waals surface area contributed by atoms with Crippen LogP contribution in [-0.2, 0) is 16.1 Å². The number of rotatable bonds is 4. The molecule has 12 heteroatoms. The van der Waals surface area contributed by atoms with E-state index in [1.165, 1.54) is 6.33 Å². The number of hydrogen-bond acceptors (Lipinski definition) is 7. The number of likely N-dealkylation sites (tertiary alicyclic amines) is 1. The van der Waals surface area contributed by atoms with E-state index < -0.39 is 6.04 Å². The Hall–Kier alpha value is -3.12. The maximum absolute atomic E-state index is 13.6. The molecular weight excluding hydrogens is 568 g/mol. The Kier molecular flexibility index (Phi) is 5.03. The third kappa shape index (κ3) is 3.52. The van der Waals surface area contributed by atoms with Crippen LogP contribution in [0, 0.1) is 5.92 Å². The Morgan fingerprint density at radius 1 is 1.09 bits per heavy atom. The molecule has 1 unspecified atom stereocenters. The zero-order chi connectivity index (χ0) is 23.6.